The fourth-order valence-electron chi connectivity index (χ4n) is 1.26. The van der Waals surface area contributed by atoms with Gasteiger partial charge in [-0.25, -0.2) is 0 Å². The van der Waals surface area contributed by atoms with Crippen molar-refractivity contribution in [3.05, 3.63) is 0 Å². The Morgan fingerprint density at radius 3 is 2.85 bits per heavy atom. The van der Waals surface area contributed by atoms with Gasteiger partial charge in [0.15, 0.2) is 0 Å². The highest BCUT2D eigenvalue weighted by Gasteiger charge is 2.23. The summed E-state index contributed by atoms with van der Waals surface area (Å²) < 4.78 is 0. The molecule has 0 spiro atoms. The number of carbonyl (C=O) groups is 1. The summed E-state index contributed by atoms with van der Waals surface area (Å²) in [5.74, 6) is 0.880. The van der Waals surface area contributed by atoms with E-state index in [4.69, 9.17) is 5.73 Å². The SMILES string of the molecule is CCC(N)CCNC(=O)CC1CC1. The van der Waals surface area contributed by atoms with Crippen LogP contribution in [0.5, 0.6) is 0 Å². The van der Waals surface area contributed by atoms with Crippen LogP contribution in [-0.4, -0.2) is 18.5 Å². The second kappa shape index (κ2) is 5.22. The van der Waals surface area contributed by atoms with Gasteiger partial charge in [-0.1, -0.05) is 6.92 Å². The van der Waals surface area contributed by atoms with Crippen LogP contribution in [0.2, 0.25) is 0 Å². The Hall–Kier alpha value is -0.570. The average molecular weight is 184 g/mol. The van der Waals surface area contributed by atoms with E-state index in [2.05, 4.69) is 12.2 Å². The van der Waals surface area contributed by atoms with E-state index in [0.717, 1.165) is 25.8 Å². The van der Waals surface area contributed by atoms with Crippen LogP contribution in [0.25, 0.3) is 0 Å². The van der Waals surface area contributed by atoms with Gasteiger partial charge in [-0.15, -0.1) is 0 Å². The molecule has 0 saturated heterocycles. The highest BCUT2D eigenvalue weighted by Crippen LogP contribution is 2.31. The van der Waals surface area contributed by atoms with Gasteiger partial charge in [0.05, 0.1) is 0 Å². The number of carbonyl (C=O) groups excluding carboxylic acids is 1. The molecule has 0 aliphatic heterocycles. The molecule has 1 aliphatic rings. The standard InChI is InChI=1S/C10H20N2O/c1-2-9(11)5-6-12-10(13)7-8-3-4-8/h8-9H,2-7,11H2,1H3,(H,12,13). The smallest absolute Gasteiger partial charge is 0.220 e. The molecule has 1 atom stereocenters. The molecule has 1 amide bonds. The molecule has 13 heavy (non-hydrogen) atoms. The molecule has 1 rings (SSSR count). The highest BCUT2D eigenvalue weighted by molar-refractivity contribution is 5.76. The van der Waals surface area contributed by atoms with Gasteiger partial charge in [0.1, 0.15) is 0 Å². The second-order valence-corrected chi connectivity index (χ2v) is 3.95. The first-order valence-electron chi connectivity index (χ1n) is 5.24. The summed E-state index contributed by atoms with van der Waals surface area (Å²) in [6.45, 7) is 2.80. The van der Waals surface area contributed by atoms with Crippen molar-refractivity contribution in [3.8, 4) is 0 Å². The molecular formula is C10H20N2O. The third-order valence-corrected chi connectivity index (χ3v) is 2.53. The van der Waals surface area contributed by atoms with E-state index < -0.39 is 0 Å². The van der Waals surface area contributed by atoms with Crippen molar-refractivity contribution in [2.24, 2.45) is 11.7 Å². The summed E-state index contributed by atoms with van der Waals surface area (Å²) in [6, 6.07) is 0.237. The lowest BCUT2D eigenvalue weighted by atomic mass is 10.2. The lowest BCUT2D eigenvalue weighted by Gasteiger charge is -2.09. The predicted molar refractivity (Wildman–Crippen MR) is 53.2 cm³/mol. The summed E-state index contributed by atoms with van der Waals surface area (Å²) in [6.07, 6.45) is 5.08. The molecule has 1 aliphatic carbocycles. The summed E-state index contributed by atoms with van der Waals surface area (Å²) in [7, 11) is 0. The molecule has 0 bridgehead atoms. The Morgan fingerprint density at radius 2 is 2.31 bits per heavy atom. The molecule has 0 radical (unpaired) electrons. The summed E-state index contributed by atoms with van der Waals surface area (Å²) in [4.78, 5) is 11.2. The first-order valence-corrected chi connectivity index (χ1v) is 5.24. The predicted octanol–water partition coefficient (Wildman–Crippen LogP) is 1.03. The molecule has 0 heterocycles. The zero-order chi connectivity index (χ0) is 9.68. The van der Waals surface area contributed by atoms with Crippen LogP contribution < -0.4 is 11.1 Å². The number of hydrogen-bond donors (Lipinski definition) is 2. The fourth-order valence-corrected chi connectivity index (χ4v) is 1.26. The van der Waals surface area contributed by atoms with E-state index in [1.807, 2.05) is 0 Å². The van der Waals surface area contributed by atoms with Gasteiger partial charge >= 0.3 is 0 Å². The first-order chi connectivity index (χ1) is 6.22. The third kappa shape index (κ3) is 4.88. The van der Waals surface area contributed by atoms with Crippen molar-refractivity contribution in [3.63, 3.8) is 0 Å². The van der Waals surface area contributed by atoms with E-state index in [0.29, 0.717) is 5.92 Å². The number of nitrogens with two attached hydrogens (primary N) is 1. The molecule has 0 aromatic rings. The van der Waals surface area contributed by atoms with E-state index >= 15 is 0 Å². The van der Waals surface area contributed by atoms with Crippen molar-refractivity contribution in [2.75, 3.05) is 6.54 Å². The average Bonchev–Trinajstić information content (AvgIpc) is 2.88. The quantitative estimate of drug-likeness (QED) is 0.648. The maximum absolute atomic E-state index is 11.2. The third-order valence-electron chi connectivity index (χ3n) is 2.53. The van der Waals surface area contributed by atoms with Crippen molar-refractivity contribution in [1.82, 2.24) is 5.32 Å². The molecule has 1 unspecified atom stereocenters. The molecule has 1 fully saturated rings. The number of rotatable bonds is 6. The first kappa shape index (κ1) is 10.5. The molecular weight excluding hydrogens is 164 g/mol. The molecule has 3 heteroatoms. The Labute approximate surface area is 80.1 Å². The summed E-state index contributed by atoms with van der Waals surface area (Å²) in [5, 5.41) is 2.90. The molecule has 3 N–H and O–H groups in total. The van der Waals surface area contributed by atoms with Crippen LogP contribution in [0.1, 0.15) is 39.0 Å². The van der Waals surface area contributed by atoms with Gasteiger partial charge in [0, 0.05) is 19.0 Å². The minimum absolute atomic E-state index is 0.200. The largest absolute Gasteiger partial charge is 0.356 e. The van der Waals surface area contributed by atoms with Gasteiger partial charge in [0.2, 0.25) is 5.91 Å². The van der Waals surface area contributed by atoms with E-state index in [1.165, 1.54) is 12.8 Å². The zero-order valence-electron chi connectivity index (χ0n) is 8.38. The number of nitrogens with one attached hydrogen (secondary N) is 1. The highest BCUT2D eigenvalue weighted by atomic mass is 16.1. The van der Waals surface area contributed by atoms with Crippen LogP contribution in [-0.2, 0) is 4.79 Å². The van der Waals surface area contributed by atoms with Crippen LogP contribution in [0.15, 0.2) is 0 Å². The number of amides is 1. The topological polar surface area (TPSA) is 55.1 Å². The minimum atomic E-state index is 0.200. The van der Waals surface area contributed by atoms with E-state index in [1.54, 1.807) is 0 Å². The lowest BCUT2D eigenvalue weighted by molar-refractivity contribution is -0.121. The Kier molecular flexibility index (Phi) is 4.22. The Morgan fingerprint density at radius 1 is 1.62 bits per heavy atom. The maximum atomic E-state index is 11.2. The van der Waals surface area contributed by atoms with Crippen LogP contribution in [0.3, 0.4) is 0 Å². The fraction of sp³-hybridized carbons (Fsp3) is 0.900. The van der Waals surface area contributed by atoms with Crippen molar-refractivity contribution >= 4 is 5.91 Å². The second-order valence-electron chi connectivity index (χ2n) is 3.95. The van der Waals surface area contributed by atoms with Gasteiger partial charge in [-0.3, -0.25) is 4.79 Å². The summed E-state index contributed by atoms with van der Waals surface area (Å²) in [5.41, 5.74) is 5.72. The lowest BCUT2D eigenvalue weighted by Crippen LogP contribution is -2.30. The molecule has 0 aromatic carbocycles. The van der Waals surface area contributed by atoms with Crippen molar-refractivity contribution in [2.45, 2.75) is 45.1 Å². The molecule has 3 nitrogen and oxygen atoms in total. The van der Waals surface area contributed by atoms with Crippen molar-refractivity contribution in [1.29, 1.82) is 0 Å². The van der Waals surface area contributed by atoms with E-state index in [-0.39, 0.29) is 11.9 Å². The van der Waals surface area contributed by atoms with Crippen LogP contribution in [0, 0.1) is 5.92 Å². The Balaban J connectivity index is 1.94. The Bertz CT molecular complexity index is 166. The van der Waals surface area contributed by atoms with Gasteiger partial charge in [-0.05, 0) is 31.6 Å². The zero-order valence-corrected chi connectivity index (χ0v) is 8.38. The van der Waals surface area contributed by atoms with Gasteiger partial charge in [0.25, 0.3) is 0 Å². The maximum Gasteiger partial charge on any atom is 0.220 e. The molecule has 0 aromatic heterocycles. The van der Waals surface area contributed by atoms with Crippen LogP contribution >= 0.6 is 0 Å². The van der Waals surface area contributed by atoms with Crippen molar-refractivity contribution < 1.29 is 4.79 Å². The molecule has 1 saturated carbocycles. The van der Waals surface area contributed by atoms with Gasteiger partial charge < -0.3 is 11.1 Å². The monoisotopic (exact) mass is 184 g/mol. The normalized spacial score (nSPS) is 18.3. The van der Waals surface area contributed by atoms with Gasteiger partial charge in [-0.2, -0.15) is 0 Å². The molecule has 76 valence electrons. The summed E-state index contributed by atoms with van der Waals surface area (Å²) >= 11 is 0. The van der Waals surface area contributed by atoms with Crippen LogP contribution in [0.4, 0.5) is 0 Å². The number of hydrogen-bond acceptors (Lipinski definition) is 2. The van der Waals surface area contributed by atoms with E-state index in [9.17, 15) is 4.79 Å². The minimum Gasteiger partial charge on any atom is -0.356 e.